The molecule has 1 atom stereocenters. The third kappa shape index (κ3) is 4.64. The Bertz CT molecular complexity index is 298. The van der Waals surface area contributed by atoms with Gasteiger partial charge < -0.3 is 10.1 Å². The van der Waals surface area contributed by atoms with E-state index in [9.17, 15) is 0 Å². The molecule has 0 fully saturated rings. The van der Waals surface area contributed by atoms with E-state index in [0.29, 0.717) is 12.7 Å². The molecule has 0 saturated carbocycles. The van der Waals surface area contributed by atoms with E-state index >= 15 is 0 Å². The van der Waals surface area contributed by atoms with E-state index in [1.807, 2.05) is 25.2 Å². The van der Waals surface area contributed by atoms with Gasteiger partial charge in [0.2, 0.25) is 0 Å². The maximum absolute atomic E-state index is 5.90. The molecule has 16 heavy (non-hydrogen) atoms. The fraction of sp³-hybridized carbons (Fsp3) is 0.538. The van der Waals surface area contributed by atoms with Gasteiger partial charge in [0.15, 0.2) is 0 Å². The molecule has 0 aliphatic heterocycles. The normalized spacial score (nSPS) is 12.7. The summed E-state index contributed by atoms with van der Waals surface area (Å²) in [7, 11) is 1.96. The highest BCUT2D eigenvalue weighted by Gasteiger charge is 2.07. The van der Waals surface area contributed by atoms with E-state index in [2.05, 4.69) is 34.2 Å². The third-order valence-electron chi connectivity index (χ3n) is 2.47. The standard InChI is InChI=1S/C13H20BrNO/c1-3-6-12(9-15-2)16-10-11-7-4-5-8-13(11)14/h4-5,7-8,12,15H,3,6,9-10H2,1-2H3. The van der Waals surface area contributed by atoms with Crippen molar-refractivity contribution in [1.29, 1.82) is 0 Å². The second-order valence-corrected chi connectivity index (χ2v) is 4.73. The van der Waals surface area contributed by atoms with Crippen LogP contribution in [0, 0.1) is 0 Å². The van der Waals surface area contributed by atoms with Crippen molar-refractivity contribution in [1.82, 2.24) is 5.32 Å². The van der Waals surface area contributed by atoms with Crippen molar-refractivity contribution in [2.45, 2.75) is 32.5 Å². The molecule has 0 heterocycles. The second kappa shape index (κ2) is 7.82. The minimum atomic E-state index is 0.308. The molecule has 1 unspecified atom stereocenters. The number of likely N-dealkylation sites (N-methyl/N-ethyl adjacent to an activating group) is 1. The van der Waals surface area contributed by atoms with Crippen molar-refractivity contribution in [2.75, 3.05) is 13.6 Å². The van der Waals surface area contributed by atoms with Crippen LogP contribution in [0.2, 0.25) is 0 Å². The first kappa shape index (κ1) is 13.7. The zero-order valence-electron chi connectivity index (χ0n) is 10.0. The minimum absolute atomic E-state index is 0.308. The summed E-state index contributed by atoms with van der Waals surface area (Å²) in [5.41, 5.74) is 1.21. The van der Waals surface area contributed by atoms with Gasteiger partial charge in [-0.05, 0) is 25.1 Å². The van der Waals surface area contributed by atoms with Gasteiger partial charge >= 0.3 is 0 Å². The molecule has 0 aromatic heterocycles. The van der Waals surface area contributed by atoms with Gasteiger partial charge in [0.05, 0.1) is 12.7 Å². The van der Waals surface area contributed by atoms with Gasteiger partial charge in [0.1, 0.15) is 0 Å². The minimum Gasteiger partial charge on any atom is -0.372 e. The van der Waals surface area contributed by atoms with Crippen LogP contribution in [0.1, 0.15) is 25.3 Å². The van der Waals surface area contributed by atoms with Crippen molar-refractivity contribution >= 4 is 15.9 Å². The quantitative estimate of drug-likeness (QED) is 0.830. The van der Waals surface area contributed by atoms with E-state index in [-0.39, 0.29) is 0 Å². The van der Waals surface area contributed by atoms with Gasteiger partial charge in [0.25, 0.3) is 0 Å². The molecular formula is C13H20BrNO. The Balaban J connectivity index is 2.45. The lowest BCUT2D eigenvalue weighted by atomic mass is 10.2. The van der Waals surface area contributed by atoms with E-state index in [4.69, 9.17) is 4.74 Å². The van der Waals surface area contributed by atoms with Crippen LogP contribution in [-0.2, 0) is 11.3 Å². The van der Waals surface area contributed by atoms with Crippen LogP contribution in [0.3, 0.4) is 0 Å². The summed E-state index contributed by atoms with van der Waals surface area (Å²) in [5.74, 6) is 0. The first-order chi connectivity index (χ1) is 7.77. The summed E-state index contributed by atoms with van der Waals surface area (Å²) in [5, 5.41) is 3.17. The average molecular weight is 286 g/mol. The number of hydrogen-bond acceptors (Lipinski definition) is 2. The Kier molecular flexibility index (Phi) is 6.69. The first-order valence-corrected chi connectivity index (χ1v) is 6.56. The zero-order valence-corrected chi connectivity index (χ0v) is 11.6. The second-order valence-electron chi connectivity index (χ2n) is 3.87. The molecule has 0 spiro atoms. The lowest BCUT2D eigenvalue weighted by Crippen LogP contribution is -2.26. The topological polar surface area (TPSA) is 21.3 Å². The maximum Gasteiger partial charge on any atom is 0.0732 e. The summed E-state index contributed by atoms with van der Waals surface area (Å²) >= 11 is 3.53. The predicted molar refractivity (Wildman–Crippen MR) is 71.6 cm³/mol. The largest absolute Gasteiger partial charge is 0.372 e. The van der Waals surface area contributed by atoms with Crippen LogP contribution in [0.15, 0.2) is 28.7 Å². The van der Waals surface area contributed by atoms with Crippen molar-refractivity contribution in [2.24, 2.45) is 0 Å². The molecule has 0 radical (unpaired) electrons. The van der Waals surface area contributed by atoms with E-state index in [0.717, 1.165) is 23.9 Å². The Morgan fingerprint density at radius 2 is 2.12 bits per heavy atom. The highest BCUT2D eigenvalue weighted by Crippen LogP contribution is 2.17. The molecular weight excluding hydrogens is 266 g/mol. The van der Waals surface area contributed by atoms with Crippen molar-refractivity contribution in [3.63, 3.8) is 0 Å². The van der Waals surface area contributed by atoms with Crippen molar-refractivity contribution < 1.29 is 4.74 Å². The zero-order chi connectivity index (χ0) is 11.8. The number of hydrogen-bond donors (Lipinski definition) is 1. The first-order valence-electron chi connectivity index (χ1n) is 5.77. The average Bonchev–Trinajstić information content (AvgIpc) is 2.28. The fourth-order valence-corrected chi connectivity index (χ4v) is 2.02. The molecule has 0 aliphatic rings. The Labute approximate surface area is 107 Å². The summed E-state index contributed by atoms with van der Waals surface area (Å²) < 4.78 is 7.02. The Morgan fingerprint density at radius 3 is 2.75 bits per heavy atom. The smallest absolute Gasteiger partial charge is 0.0732 e. The monoisotopic (exact) mass is 285 g/mol. The lowest BCUT2D eigenvalue weighted by Gasteiger charge is -2.17. The molecule has 1 rings (SSSR count). The van der Waals surface area contributed by atoms with Crippen LogP contribution in [0.25, 0.3) is 0 Å². The number of nitrogens with one attached hydrogen (secondary N) is 1. The van der Waals surface area contributed by atoms with E-state index in [1.165, 1.54) is 5.56 Å². The predicted octanol–water partition coefficient (Wildman–Crippen LogP) is 3.35. The SMILES string of the molecule is CCCC(CNC)OCc1ccccc1Br. The summed E-state index contributed by atoms with van der Waals surface area (Å²) in [6, 6.07) is 8.19. The van der Waals surface area contributed by atoms with E-state index in [1.54, 1.807) is 0 Å². The molecule has 0 amide bonds. The van der Waals surface area contributed by atoms with Gasteiger partial charge in [-0.2, -0.15) is 0 Å². The van der Waals surface area contributed by atoms with Gasteiger partial charge in [-0.3, -0.25) is 0 Å². The number of halogens is 1. The van der Waals surface area contributed by atoms with E-state index < -0.39 is 0 Å². The molecule has 1 aromatic rings. The Morgan fingerprint density at radius 1 is 1.38 bits per heavy atom. The summed E-state index contributed by atoms with van der Waals surface area (Å²) in [4.78, 5) is 0. The van der Waals surface area contributed by atoms with Crippen LogP contribution in [-0.4, -0.2) is 19.7 Å². The fourth-order valence-electron chi connectivity index (χ4n) is 1.62. The maximum atomic E-state index is 5.90. The van der Waals surface area contributed by atoms with Crippen molar-refractivity contribution in [3.05, 3.63) is 34.3 Å². The third-order valence-corrected chi connectivity index (χ3v) is 3.25. The molecule has 3 heteroatoms. The molecule has 2 nitrogen and oxygen atoms in total. The lowest BCUT2D eigenvalue weighted by molar-refractivity contribution is 0.0357. The van der Waals surface area contributed by atoms with Crippen LogP contribution in [0.4, 0.5) is 0 Å². The van der Waals surface area contributed by atoms with Gasteiger partial charge in [-0.15, -0.1) is 0 Å². The van der Waals surface area contributed by atoms with Gasteiger partial charge in [-0.25, -0.2) is 0 Å². The molecule has 1 aromatic carbocycles. The van der Waals surface area contributed by atoms with Crippen LogP contribution < -0.4 is 5.32 Å². The van der Waals surface area contributed by atoms with Crippen molar-refractivity contribution in [3.8, 4) is 0 Å². The van der Waals surface area contributed by atoms with Gasteiger partial charge in [0, 0.05) is 11.0 Å². The highest BCUT2D eigenvalue weighted by molar-refractivity contribution is 9.10. The molecule has 0 saturated heterocycles. The number of rotatable bonds is 7. The van der Waals surface area contributed by atoms with Crippen LogP contribution in [0.5, 0.6) is 0 Å². The number of benzene rings is 1. The molecule has 1 N–H and O–H groups in total. The summed E-state index contributed by atoms with van der Waals surface area (Å²) in [6.45, 7) is 3.77. The number of ether oxygens (including phenoxy) is 1. The molecule has 0 aliphatic carbocycles. The molecule has 90 valence electrons. The van der Waals surface area contributed by atoms with Gasteiger partial charge in [-0.1, -0.05) is 47.5 Å². The Hall–Kier alpha value is -0.380. The molecule has 0 bridgehead atoms. The highest BCUT2D eigenvalue weighted by atomic mass is 79.9. The van der Waals surface area contributed by atoms with Crippen LogP contribution >= 0.6 is 15.9 Å². The summed E-state index contributed by atoms with van der Waals surface area (Å²) in [6.07, 6.45) is 2.57.